The highest BCUT2D eigenvalue weighted by Gasteiger charge is 2.48. The van der Waals surface area contributed by atoms with E-state index in [9.17, 15) is 9.90 Å². The monoisotopic (exact) mass is 261 g/mol. The SMILES string of the molecule is CC(C)(O)C(C1CC1)N1Cc2cncc(N)c2C1=O. The van der Waals surface area contributed by atoms with Crippen molar-refractivity contribution < 1.29 is 9.90 Å². The van der Waals surface area contributed by atoms with Crippen molar-refractivity contribution in [2.24, 2.45) is 5.92 Å². The van der Waals surface area contributed by atoms with E-state index in [0.29, 0.717) is 23.7 Å². The molecule has 2 aliphatic rings. The first-order valence-electron chi connectivity index (χ1n) is 6.65. The zero-order valence-electron chi connectivity index (χ0n) is 11.3. The minimum atomic E-state index is -0.902. The van der Waals surface area contributed by atoms with E-state index in [1.54, 1.807) is 24.9 Å². The highest BCUT2D eigenvalue weighted by Crippen LogP contribution is 2.43. The number of fused-ring (bicyclic) bond motifs is 1. The van der Waals surface area contributed by atoms with Crippen molar-refractivity contribution in [3.63, 3.8) is 0 Å². The Bertz CT molecular complexity index is 532. The van der Waals surface area contributed by atoms with Gasteiger partial charge in [0.2, 0.25) is 0 Å². The number of anilines is 1. The molecule has 1 aliphatic carbocycles. The van der Waals surface area contributed by atoms with Crippen molar-refractivity contribution in [1.29, 1.82) is 0 Å². The molecule has 0 saturated heterocycles. The van der Waals surface area contributed by atoms with Crippen molar-refractivity contribution in [3.05, 3.63) is 23.5 Å². The summed E-state index contributed by atoms with van der Waals surface area (Å²) >= 11 is 0. The molecule has 3 rings (SSSR count). The summed E-state index contributed by atoms with van der Waals surface area (Å²) in [6.07, 6.45) is 5.35. The van der Waals surface area contributed by atoms with E-state index in [0.717, 1.165) is 18.4 Å². The quantitative estimate of drug-likeness (QED) is 0.856. The van der Waals surface area contributed by atoms with Crippen LogP contribution in [0.25, 0.3) is 0 Å². The number of pyridine rings is 1. The average molecular weight is 261 g/mol. The van der Waals surface area contributed by atoms with Gasteiger partial charge >= 0.3 is 0 Å². The van der Waals surface area contributed by atoms with E-state index in [-0.39, 0.29) is 11.9 Å². The molecule has 1 aromatic heterocycles. The molecule has 1 saturated carbocycles. The number of hydrogen-bond acceptors (Lipinski definition) is 4. The van der Waals surface area contributed by atoms with Crippen LogP contribution in [0.4, 0.5) is 5.69 Å². The molecular weight excluding hydrogens is 242 g/mol. The third-order valence-corrected chi connectivity index (χ3v) is 4.00. The van der Waals surface area contributed by atoms with Gasteiger partial charge in [0.1, 0.15) is 0 Å². The molecule has 19 heavy (non-hydrogen) atoms. The van der Waals surface area contributed by atoms with E-state index < -0.39 is 5.60 Å². The molecule has 1 aliphatic heterocycles. The summed E-state index contributed by atoms with van der Waals surface area (Å²) in [6, 6.07) is -0.146. The van der Waals surface area contributed by atoms with Gasteiger partial charge in [-0.15, -0.1) is 0 Å². The molecule has 102 valence electrons. The molecule has 3 N–H and O–H groups in total. The molecule has 1 unspecified atom stereocenters. The lowest BCUT2D eigenvalue weighted by atomic mass is 9.93. The Balaban J connectivity index is 1.97. The second-order valence-corrected chi connectivity index (χ2v) is 6.13. The van der Waals surface area contributed by atoms with Crippen LogP contribution in [0.3, 0.4) is 0 Å². The van der Waals surface area contributed by atoms with Gasteiger partial charge in [-0.25, -0.2) is 0 Å². The number of aliphatic hydroxyl groups is 1. The number of nitrogens with zero attached hydrogens (tertiary/aromatic N) is 2. The third kappa shape index (κ3) is 1.98. The van der Waals surface area contributed by atoms with Crippen LogP contribution in [0, 0.1) is 5.92 Å². The van der Waals surface area contributed by atoms with Crippen LogP contribution in [0.2, 0.25) is 0 Å². The van der Waals surface area contributed by atoms with Gasteiger partial charge < -0.3 is 15.7 Å². The molecule has 1 amide bonds. The summed E-state index contributed by atoms with van der Waals surface area (Å²) in [5.41, 5.74) is 6.80. The van der Waals surface area contributed by atoms with Crippen LogP contribution in [0.15, 0.2) is 12.4 Å². The molecule has 0 radical (unpaired) electrons. The molecule has 2 heterocycles. The van der Waals surface area contributed by atoms with Gasteiger partial charge in [-0.3, -0.25) is 9.78 Å². The Morgan fingerprint density at radius 3 is 2.68 bits per heavy atom. The van der Waals surface area contributed by atoms with Gasteiger partial charge in [0.05, 0.1) is 29.1 Å². The number of nitrogen functional groups attached to an aromatic ring is 1. The zero-order chi connectivity index (χ0) is 13.8. The highest BCUT2D eigenvalue weighted by atomic mass is 16.3. The Kier molecular flexibility index (Phi) is 2.57. The van der Waals surface area contributed by atoms with E-state index in [4.69, 9.17) is 5.73 Å². The Labute approximate surface area is 112 Å². The van der Waals surface area contributed by atoms with Crippen LogP contribution >= 0.6 is 0 Å². The molecule has 1 aromatic rings. The van der Waals surface area contributed by atoms with Gasteiger partial charge in [0, 0.05) is 18.3 Å². The number of amides is 1. The van der Waals surface area contributed by atoms with Gasteiger partial charge in [0.25, 0.3) is 5.91 Å². The van der Waals surface area contributed by atoms with Crippen molar-refractivity contribution in [2.45, 2.75) is 44.9 Å². The highest BCUT2D eigenvalue weighted by molar-refractivity contribution is 6.03. The van der Waals surface area contributed by atoms with Crippen LogP contribution < -0.4 is 5.73 Å². The molecule has 0 spiro atoms. The Hall–Kier alpha value is -1.62. The first-order valence-corrected chi connectivity index (χ1v) is 6.65. The summed E-state index contributed by atoms with van der Waals surface area (Å²) in [5.74, 6) is 0.321. The average Bonchev–Trinajstić information content (AvgIpc) is 3.04. The normalized spacial score (nSPS) is 20.6. The van der Waals surface area contributed by atoms with Crippen LogP contribution in [-0.4, -0.2) is 32.5 Å². The van der Waals surface area contributed by atoms with Crippen LogP contribution in [-0.2, 0) is 6.54 Å². The number of hydrogen-bond donors (Lipinski definition) is 2. The number of nitrogens with two attached hydrogens (primary N) is 1. The molecule has 1 fully saturated rings. The minimum absolute atomic E-state index is 0.0751. The lowest BCUT2D eigenvalue weighted by Crippen LogP contribution is -2.51. The first kappa shape index (κ1) is 12.4. The van der Waals surface area contributed by atoms with E-state index >= 15 is 0 Å². The molecule has 5 heteroatoms. The van der Waals surface area contributed by atoms with Gasteiger partial charge in [-0.2, -0.15) is 0 Å². The molecular formula is C14H19N3O2. The maximum Gasteiger partial charge on any atom is 0.257 e. The Morgan fingerprint density at radius 1 is 1.47 bits per heavy atom. The zero-order valence-corrected chi connectivity index (χ0v) is 11.3. The topological polar surface area (TPSA) is 79.4 Å². The number of carbonyl (C=O) groups is 1. The van der Waals surface area contributed by atoms with Crippen LogP contribution in [0.1, 0.15) is 42.6 Å². The fourth-order valence-corrected chi connectivity index (χ4v) is 3.15. The second-order valence-electron chi connectivity index (χ2n) is 6.13. The van der Waals surface area contributed by atoms with E-state index in [2.05, 4.69) is 4.98 Å². The van der Waals surface area contributed by atoms with Gasteiger partial charge in [-0.1, -0.05) is 0 Å². The van der Waals surface area contributed by atoms with E-state index in [1.807, 2.05) is 0 Å². The number of aromatic nitrogens is 1. The maximum atomic E-state index is 12.5. The summed E-state index contributed by atoms with van der Waals surface area (Å²) < 4.78 is 0. The predicted molar refractivity (Wildman–Crippen MR) is 71.3 cm³/mol. The third-order valence-electron chi connectivity index (χ3n) is 4.00. The lowest BCUT2D eigenvalue weighted by molar-refractivity contribution is -0.0224. The lowest BCUT2D eigenvalue weighted by Gasteiger charge is -2.37. The fourth-order valence-electron chi connectivity index (χ4n) is 3.15. The predicted octanol–water partition coefficient (Wildman–Crippen LogP) is 1.17. The Morgan fingerprint density at radius 2 is 2.16 bits per heavy atom. The standard InChI is InChI=1S/C14H19N3O2/c1-14(2,19)12(8-3-4-8)17-7-9-5-16-6-10(15)11(9)13(17)18/h5-6,8,12,19H,3-4,7,15H2,1-2H3. The van der Waals surface area contributed by atoms with Crippen molar-refractivity contribution in [3.8, 4) is 0 Å². The number of rotatable bonds is 3. The number of carbonyl (C=O) groups excluding carboxylic acids is 1. The van der Waals surface area contributed by atoms with Crippen LogP contribution in [0.5, 0.6) is 0 Å². The van der Waals surface area contributed by atoms with Crippen molar-refractivity contribution in [2.75, 3.05) is 5.73 Å². The molecule has 0 bridgehead atoms. The summed E-state index contributed by atoms with van der Waals surface area (Å²) in [4.78, 5) is 18.3. The summed E-state index contributed by atoms with van der Waals surface area (Å²) in [6.45, 7) is 4.04. The van der Waals surface area contributed by atoms with Crippen molar-refractivity contribution >= 4 is 11.6 Å². The summed E-state index contributed by atoms with van der Waals surface area (Å²) in [7, 11) is 0. The minimum Gasteiger partial charge on any atom is -0.397 e. The maximum absolute atomic E-state index is 12.5. The smallest absolute Gasteiger partial charge is 0.257 e. The van der Waals surface area contributed by atoms with Gasteiger partial charge in [0.15, 0.2) is 0 Å². The molecule has 0 aromatic carbocycles. The second kappa shape index (κ2) is 3.93. The fraction of sp³-hybridized carbons (Fsp3) is 0.571. The molecule has 5 nitrogen and oxygen atoms in total. The first-order chi connectivity index (χ1) is 8.89. The largest absolute Gasteiger partial charge is 0.397 e. The van der Waals surface area contributed by atoms with Gasteiger partial charge in [-0.05, 0) is 32.6 Å². The molecule has 1 atom stereocenters. The van der Waals surface area contributed by atoms with E-state index in [1.165, 1.54) is 6.20 Å². The summed E-state index contributed by atoms with van der Waals surface area (Å²) in [5, 5.41) is 10.4. The van der Waals surface area contributed by atoms with Crippen molar-refractivity contribution in [1.82, 2.24) is 9.88 Å².